The first kappa shape index (κ1) is 15.0. The lowest BCUT2D eigenvalue weighted by Gasteiger charge is -2.29. The Balaban J connectivity index is 2.42. The van der Waals surface area contributed by atoms with E-state index in [-0.39, 0.29) is 18.5 Å². The Kier molecular flexibility index (Phi) is 5.16. The Hall–Kier alpha value is -1.07. The number of hydrogen-bond donors (Lipinski definition) is 3. The Bertz CT molecular complexity index is 401. The number of rotatable bonds is 5. The van der Waals surface area contributed by atoms with Crippen molar-refractivity contribution >= 4 is 22.4 Å². The van der Waals surface area contributed by atoms with Crippen molar-refractivity contribution in [3.63, 3.8) is 0 Å². The summed E-state index contributed by atoms with van der Waals surface area (Å²) in [5.74, 6) is 0.141. The molecule has 0 fully saturated rings. The fraction of sp³-hybridized carbons (Fsp3) is 0.615. The second kappa shape index (κ2) is 6.20. The van der Waals surface area contributed by atoms with Gasteiger partial charge in [0.15, 0.2) is 0 Å². The maximum atomic E-state index is 11.7. The summed E-state index contributed by atoms with van der Waals surface area (Å²) in [4.78, 5) is 12.8. The molecule has 18 heavy (non-hydrogen) atoms. The van der Waals surface area contributed by atoms with E-state index >= 15 is 0 Å². The Morgan fingerprint density at radius 2 is 2.22 bits per heavy atom. The summed E-state index contributed by atoms with van der Waals surface area (Å²) in [5, 5.41) is 16.4. The van der Waals surface area contributed by atoms with Gasteiger partial charge in [0.1, 0.15) is 0 Å². The summed E-state index contributed by atoms with van der Waals surface area (Å²) in [6, 6.07) is 3.54. The Labute approximate surface area is 112 Å². The lowest BCUT2D eigenvalue weighted by molar-refractivity contribution is 0.00827. The maximum absolute atomic E-state index is 11.7. The highest BCUT2D eigenvalue weighted by Crippen LogP contribution is 2.21. The molecule has 5 heteroatoms. The second-order valence-corrected chi connectivity index (χ2v) is 6.17. The minimum Gasteiger partial charge on any atom is -0.388 e. The zero-order valence-electron chi connectivity index (χ0n) is 11.4. The van der Waals surface area contributed by atoms with Gasteiger partial charge in [0.05, 0.1) is 10.6 Å². The molecule has 0 aliphatic rings. The maximum Gasteiger partial charge on any atom is 0.319 e. The van der Waals surface area contributed by atoms with Gasteiger partial charge in [-0.25, -0.2) is 4.79 Å². The molecule has 0 radical (unpaired) electrons. The number of thiophene rings is 1. The quantitative estimate of drug-likeness (QED) is 0.770. The van der Waals surface area contributed by atoms with Crippen molar-refractivity contribution < 1.29 is 9.90 Å². The summed E-state index contributed by atoms with van der Waals surface area (Å²) >= 11 is 1.53. The largest absolute Gasteiger partial charge is 0.388 e. The van der Waals surface area contributed by atoms with Crippen LogP contribution in [-0.4, -0.2) is 23.3 Å². The highest BCUT2D eigenvalue weighted by molar-refractivity contribution is 7.16. The van der Waals surface area contributed by atoms with E-state index in [1.165, 1.54) is 11.3 Å². The van der Waals surface area contributed by atoms with Gasteiger partial charge in [0.2, 0.25) is 0 Å². The molecule has 1 heterocycles. The summed E-state index contributed by atoms with van der Waals surface area (Å²) in [6.07, 6.45) is 0.875. The number of urea groups is 1. The van der Waals surface area contributed by atoms with Gasteiger partial charge in [-0.1, -0.05) is 20.3 Å². The average molecular weight is 270 g/mol. The number of aryl methyl sites for hydroxylation is 1. The van der Waals surface area contributed by atoms with Crippen molar-refractivity contribution in [2.75, 3.05) is 11.9 Å². The predicted octanol–water partition coefficient (Wildman–Crippen LogP) is 2.98. The number of hydrogen-bond acceptors (Lipinski definition) is 3. The molecule has 4 nitrogen and oxygen atoms in total. The first-order chi connectivity index (χ1) is 8.35. The number of aliphatic hydroxyl groups is 1. The van der Waals surface area contributed by atoms with Crippen LogP contribution in [0, 0.1) is 12.8 Å². The topological polar surface area (TPSA) is 61.4 Å². The van der Waals surface area contributed by atoms with Gasteiger partial charge in [-0.2, -0.15) is 0 Å². The molecule has 0 aromatic carbocycles. The van der Waals surface area contributed by atoms with Gasteiger partial charge in [-0.05, 0) is 31.9 Å². The molecule has 2 unspecified atom stereocenters. The fourth-order valence-electron chi connectivity index (χ4n) is 1.53. The van der Waals surface area contributed by atoms with Crippen LogP contribution in [0.3, 0.4) is 0 Å². The highest BCUT2D eigenvalue weighted by Gasteiger charge is 2.27. The number of nitrogens with one attached hydrogen (secondary N) is 2. The molecular weight excluding hydrogens is 248 g/mol. The van der Waals surface area contributed by atoms with E-state index in [1.807, 2.05) is 32.9 Å². The first-order valence-corrected chi connectivity index (χ1v) is 7.00. The fourth-order valence-corrected chi connectivity index (χ4v) is 2.29. The van der Waals surface area contributed by atoms with Gasteiger partial charge < -0.3 is 10.4 Å². The van der Waals surface area contributed by atoms with Gasteiger partial charge in [-0.15, -0.1) is 11.3 Å². The molecule has 1 rings (SSSR count). The van der Waals surface area contributed by atoms with Gasteiger partial charge in [0.25, 0.3) is 0 Å². The van der Waals surface area contributed by atoms with Gasteiger partial charge >= 0.3 is 6.03 Å². The SMILES string of the molecule is CCC(C)C(C)(O)CNC(=O)Nc1ccc(C)s1. The number of carbonyl (C=O) groups is 1. The molecule has 0 bridgehead atoms. The minimum atomic E-state index is -0.878. The van der Waals surface area contributed by atoms with Crippen LogP contribution < -0.4 is 10.6 Å². The van der Waals surface area contributed by atoms with Crippen molar-refractivity contribution in [3.8, 4) is 0 Å². The predicted molar refractivity (Wildman–Crippen MR) is 76.2 cm³/mol. The van der Waals surface area contributed by atoms with Gasteiger partial charge in [0, 0.05) is 11.4 Å². The second-order valence-electron chi connectivity index (χ2n) is 4.88. The summed E-state index contributed by atoms with van der Waals surface area (Å²) in [7, 11) is 0. The van der Waals surface area contributed by atoms with Crippen LogP contribution in [0.2, 0.25) is 0 Å². The molecule has 1 aromatic heterocycles. The van der Waals surface area contributed by atoms with Crippen molar-refractivity contribution in [1.82, 2.24) is 5.32 Å². The number of amides is 2. The van der Waals surface area contributed by atoms with E-state index in [1.54, 1.807) is 6.92 Å². The van der Waals surface area contributed by atoms with Crippen LogP contribution in [0.5, 0.6) is 0 Å². The number of anilines is 1. The van der Waals surface area contributed by atoms with E-state index in [2.05, 4.69) is 10.6 Å². The van der Waals surface area contributed by atoms with Crippen LogP contribution in [0.4, 0.5) is 9.80 Å². The van der Waals surface area contributed by atoms with Crippen molar-refractivity contribution in [3.05, 3.63) is 17.0 Å². The lowest BCUT2D eigenvalue weighted by Crippen LogP contribution is -2.46. The monoisotopic (exact) mass is 270 g/mol. The normalized spacial score (nSPS) is 15.8. The molecule has 3 N–H and O–H groups in total. The molecule has 2 amide bonds. The molecule has 0 aliphatic heterocycles. The van der Waals surface area contributed by atoms with Crippen molar-refractivity contribution in [1.29, 1.82) is 0 Å². The molecule has 1 aromatic rings. The smallest absolute Gasteiger partial charge is 0.319 e. The Morgan fingerprint density at radius 1 is 1.56 bits per heavy atom. The van der Waals surface area contributed by atoms with Crippen LogP contribution >= 0.6 is 11.3 Å². The van der Waals surface area contributed by atoms with Crippen LogP contribution in [0.1, 0.15) is 32.1 Å². The van der Waals surface area contributed by atoms with Gasteiger partial charge in [-0.3, -0.25) is 5.32 Å². The zero-order valence-corrected chi connectivity index (χ0v) is 12.2. The van der Waals surface area contributed by atoms with E-state index in [0.717, 1.165) is 16.3 Å². The molecule has 0 spiro atoms. The highest BCUT2D eigenvalue weighted by atomic mass is 32.1. The molecule has 0 saturated carbocycles. The van der Waals surface area contributed by atoms with Crippen LogP contribution in [0.15, 0.2) is 12.1 Å². The third-order valence-corrected chi connectivity index (χ3v) is 4.17. The van der Waals surface area contributed by atoms with Crippen molar-refractivity contribution in [2.45, 2.75) is 39.7 Å². The van der Waals surface area contributed by atoms with E-state index < -0.39 is 5.60 Å². The molecule has 0 saturated heterocycles. The molecule has 0 aliphatic carbocycles. The Morgan fingerprint density at radius 3 is 2.72 bits per heavy atom. The van der Waals surface area contributed by atoms with E-state index in [4.69, 9.17) is 0 Å². The first-order valence-electron chi connectivity index (χ1n) is 6.19. The zero-order chi connectivity index (χ0) is 13.8. The third-order valence-electron chi connectivity index (χ3n) is 3.26. The molecule has 102 valence electrons. The van der Waals surface area contributed by atoms with E-state index in [0.29, 0.717) is 0 Å². The van der Waals surface area contributed by atoms with Crippen LogP contribution in [0.25, 0.3) is 0 Å². The average Bonchev–Trinajstić information content (AvgIpc) is 2.71. The summed E-state index contributed by atoms with van der Waals surface area (Å²) < 4.78 is 0. The minimum absolute atomic E-state index is 0.141. The standard InChI is InChI=1S/C13H22N2O2S/c1-5-9(2)13(4,17)8-14-12(16)15-11-7-6-10(3)18-11/h6-7,9,17H,5,8H2,1-4H3,(H2,14,15,16). The van der Waals surface area contributed by atoms with Crippen LogP contribution in [-0.2, 0) is 0 Å². The van der Waals surface area contributed by atoms with Crippen molar-refractivity contribution in [2.24, 2.45) is 5.92 Å². The third kappa shape index (κ3) is 4.31. The molecular formula is C13H22N2O2S. The lowest BCUT2D eigenvalue weighted by atomic mass is 9.89. The summed E-state index contributed by atoms with van der Waals surface area (Å²) in [5.41, 5.74) is -0.878. The van der Waals surface area contributed by atoms with E-state index in [9.17, 15) is 9.90 Å². The number of carbonyl (C=O) groups excluding carboxylic acids is 1. The molecule has 2 atom stereocenters. The summed E-state index contributed by atoms with van der Waals surface area (Å²) in [6.45, 7) is 7.98.